The molecular formula is C19H31N3O2. The van der Waals surface area contributed by atoms with Gasteiger partial charge in [0, 0.05) is 39.1 Å². The van der Waals surface area contributed by atoms with Crippen LogP contribution in [0.3, 0.4) is 0 Å². The van der Waals surface area contributed by atoms with Crippen LogP contribution in [0.15, 0.2) is 12.2 Å². The number of hydrogen-bond donors (Lipinski definition) is 1. The van der Waals surface area contributed by atoms with Crippen LogP contribution in [0.2, 0.25) is 0 Å². The average Bonchev–Trinajstić information content (AvgIpc) is 3.16. The Morgan fingerprint density at radius 1 is 0.917 bits per heavy atom. The van der Waals surface area contributed by atoms with Crippen LogP contribution in [0, 0.1) is 11.8 Å². The van der Waals surface area contributed by atoms with Crippen LogP contribution >= 0.6 is 0 Å². The molecule has 2 fully saturated rings. The summed E-state index contributed by atoms with van der Waals surface area (Å²) in [5.74, 6) is 1.36. The third-order valence-corrected chi connectivity index (χ3v) is 5.74. The van der Waals surface area contributed by atoms with Gasteiger partial charge in [-0.25, -0.2) is 4.79 Å². The lowest BCUT2D eigenvalue weighted by Gasteiger charge is -2.33. The summed E-state index contributed by atoms with van der Waals surface area (Å²) in [5, 5.41) is 3.10. The number of nitrogens with zero attached hydrogens (tertiary/aromatic N) is 2. The van der Waals surface area contributed by atoms with E-state index in [2.05, 4.69) is 17.5 Å². The van der Waals surface area contributed by atoms with Crippen molar-refractivity contribution in [3.8, 4) is 0 Å². The highest BCUT2D eigenvalue weighted by Crippen LogP contribution is 2.23. The number of amides is 3. The topological polar surface area (TPSA) is 52.7 Å². The van der Waals surface area contributed by atoms with Crippen molar-refractivity contribution in [1.82, 2.24) is 15.1 Å². The van der Waals surface area contributed by atoms with E-state index in [-0.39, 0.29) is 6.03 Å². The fourth-order valence-electron chi connectivity index (χ4n) is 4.07. The molecule has 134 valence electrons. The lowest BCUT2D eigenvalue weighted by molar-refractivity contribution is -0.131. The summed E-state index contributed by atoms with van der Waals surface area (Å²) in [4.78, 5) is 28.5. The van der Waals surface area contributed by atoms with Gasteiger partial charge in [-0.2, -0.15) is 0 Å². The highest BCUT2D eigenvalue weighted by Gasteiger charge is 2.27. The zero-order chi connectivity index (χ0) is 16.8. The van der Waals surface area contributed by atoms with Gasteiger partial charge in [-0.15, -0.1) is 0 Å². The molecule has 1 aliphatic carbocycles. The predicted molar refractivity (Wildman–Crippen MR) is 94.6 cm³/mol. The van der Waals surface area contributed by atoms with Gasteiger partial charge in [0.2, 0.25) is 5.91 Å². The summed E-state index contributed by atoms with van der Waals surface area (Å²) in [6.45, 7) is 4.24. The molecule has 2 heterocycles. The van der Waals surface area contributed by atoms with Crippen LogP contribution in [-0.4, -0.2) is 54.5 Å². The van der Waals surface area contributed by atoms with Crippen LogP contribution in [0.4, 0.5) is 4.79 Å². The number of carbonyl (C=O) groups is 2. The van der Waals surface area contributed by atoms with E-state index in [4.69, 9.17) is 0 Å². The van der Waals surface area contributed by atoms with Crippen LogP contribution in [0.1, 0.15) is 51.4 Å². The van der Waals surface area contributed by atoms with E-state index in [9.17, 15) is 9.59 Å². The molecule has 3 amide bonds. The van der Waals surface area contributed by atoms with Crippen LogP contribution in [-0.2, 0) is 4.79 Å². The van der Waals surface area contributed by atoms with Gasteiger partial charge < -0.3 is 15.1 Å². The second-order valence-electron chi connectivity index (χ2n) is 7.56. The third-order valence-electron chi connectivity index (χ3n) is 5.74. The van der Waals surface area contributed by atoms with Crippen LogP contribution < -0.4 is 5.32 Å². The van der Waals surface area contributed by atoms with Crippen molar-refractivity contribution in [3.63, 3.8) is 0 Å². The Morgan fingerprint density at radius 2 is 1.67 bits per heavy atom. The molecule has 2 aliphatic heterocycles. The first-order valence-electron chi connectivity index (χ1n) is 9.68. The molecule has 0 saturated carbocycles. The Balaban J connectivity index is 1.34. The third kappa shape index (κ3) is 4.74. The quantitative estimate of drug-likeness (QED) is 0.804. The molecule has 3 rings (SSSR count). The van der Waals surface area contributed by atoms with Crippen molar-refractivity contribution in [2.24, 2.45) is 11.8 Å². The molecule has 0 aromatic rings. The van der Waals surface area contributed by atoms with E-state index in [1.54, 1.807) is 0 Å². The maximum Gasteiger partial charge on any atom is 0.317 e. The average molecular weight is 333 g/mol. The number of rotatable bonds is 4. The second kappa shape index (κ2) is 8.54. The number of carbonyl (C=O) groups excluding carboxylic acids is 2. The number of piperidine rings is 1. The number of allylic oxidation sites excluding steroid dienone is 2. The highest BCUT2D eigenvalue weighted by molar-refractivity contribution is 5.77. The molecule has 1 N–H and O–H groups in total. The Bertz CT molecular complexity index is 463. The fourth-order valence-corrected chi connectivity index (χ4v) is 4.07. The minimum Gasteiger partial charge on any atom is -0.343 e. The number of nitrogens with one attached hydrogen (secondary N) is 1. The summed E-state index contributed by atoms with van der Waals surface area (Å²) in [6, 6.07) is 0.0777. The van der Waals surface area contributed by atoms with Gasteiger partial charge in [0.15, 0.2) is 0 Å². The maximum absolute atomic E-state index is 12.3. The Labute approximate surface area is 145 Å². The molecule has 0 radical (unpaired) electrons. The van der Waals surface area contributed by atoms with Crippen molar-refractivity contribution in [3.05, 3.63) is 12.2 Å². The summed E-state index contributed by atoms with van der Waals surface area (Å²) in [7, 11) is 0. The molecule has 0 bridgehead atoms. The molecule has 0 aromatic heterocycles. The molecule has 5 nitrogen and oxygen atoms in total. The van der Waals surface area contributed by atoms with Crippen LogP contribution in [0.25, 0.3) is 0 Å². The fraction of sp³-hybridized carbons (Fsp3) is 0.789. The second-order valence-corrected chi connectivity index (χ2v) is 7.56. The minimum absolute atomic E-state index is 0.0777. The molecule has 3 aliphatic rings. The molecule has 1 unspecified atom stereocenters. The monoisotopic (exact) mass is 333 g/mol. The Hall–Kier alpha value is -1.52. The van der Waals surface area contributed by atoms with Gasteiger partial charge in [-0.3, -0.25) is 4.79 Å². The van der Waals surface area contributed by atoms with E-state index >= 15 is 0 Å². The number of likely N-dealkylation sites (tertiary alicyclic amines) is 2. The smallest absolute Gasteiger partial charge is 0.317 e. The van der Waals surface area contributed by atoms with Gasteiger partial charge in [0.1, 0.15) is 0 Å². The van der Waals surface area contributed by atoms with Crippen molar-refractivity contribution < 1.29 is 9.59 Å². The summed E-state index contributed by atoms with van der Waals surface area (Å²) in [5.41, 5.74) is 0. The summed E-state index contributed by atoms with van der Waals surface area (Å²) < 4.78 is 0. The minimum atomic E-state index is 0.0777. The van der Waals surface area contributed by atoms with E-state index in [1.807, 2.05) is 9.80 Å². The van der Waals surface area contributed by atoms with Gasteiger partial charge in [-0.05, 0) is 56.8 Å². The number of urea groups is 1. The highest BCUT2D eigenvalue weighted by atomic mass is 16.2. The van der Waals surface area contributed by atoms with E-state index in [0.717, 1.165) is 71.2 Å². The summed E-state index contributed by atoms with van der Waals surface area (Å²) >= 11 is 0. The molecule has 0 aromatic carbocycles. The lowest BCUT2D eigenvalue weighted by atomic mass is 9.93. The molecule has 0 spiro atoms. The van der Waals surface area contributed by atoms with Gasteiger partial charge >= 0.3 is 6.03 Å². The molecule has 24 heavy (non-hydrogen) atoms. The lowest BCUT2D eigenvalue weighted by Crippen LogP contribution is -2.46. The van der Waals surface area contributed by atoms with Gasteiger partial charge in [-0.1, -0.05) is 12.2 Å². The first-order valence-corrected chi connectivity index (χ1v) is 9.68. The van der Waals surface area contributed by atoms with Crippen molar-refractivity contribution in [1.29, 1.82) is 0 Å². The SMILES string of the molecule is O=C(CC1CCN(C(=O)NCC2CC=CCC2)CC1)N1CCCC1. The molecule has 5 heteroatoms. The van der Waals surface area contributed by atoms with E-state index in [0.29, 0.717) is 24.2 Å². The van der Waals surface area contributed by atoms with E-state index < -0.39 is 0 Å². The van der Waals surface area contributed by atoms with Crippen molar-refractivity contribution in [2.75, 3.05) is 32.7 Å². The van der Waals surface area contributed by atoms with Crippen molar-refractivity contribution in [2.45, 2.75) is 51.4 Å². The first kappa shape index (κ1) is 17.3. The maximum atomic E-state index is 12.3. The van der Waals surface area contributed by atoms with Gasteiger partial charge in [0.25, 0.3) is 0 Å². The van der Waals surface area contributed by atoms with Crippen molar-refractivity contribution >= 4 is 11.9 Å². The zero-order valence-electron chi connectivity index (χ0n) is 14.7. The Morgan fingerprint density at radius 3 is 2.33 bits per heavy atom. The number of hydrogen-bond acceptors (Lipinski definition) is 2. The first-order chi connectivity index (χ1) is 11.7. The van der Waals surface area contributed by atoms with E-state index in [1.165, 1.54) is 6.42 Å². The molecule has 2 saturated heterocycles. The standard InChI is InChI=1S/C19H31N3O2/c23-18(21-10-4-5-11-21)14-16-8-12-22(13-9-16)19(24)20-15-17-6-2-1-3-7-17/h1-2,16-17H,3-15H2,(H,20,24). The molecule has 1 atom stereocenters. The van der Waals surface area contributed by atoms with Crippen LogP contribution in [0.5, 0.6) is 0 Å². The predicted octanol–water partition coefficient (Wildman–Crippen LogP) is 2.78. The zero-order valence-corrected chi connectivity index (χ0v) is 14.7. The molecular weight excluding hydrogens is 302 g/mol. The van der Waals surface area contributed by atoms with Gasteiger partial charge in [0.05, 0.1) is 0 Å². The Kier molecular flexibility index (Phi) is 6.16. The normalized spacial score (nSPS) is 25.1. The summed E-state index contributed by atoms with van der Waals surface area (Å²) in [6.07, 6.45) is 12.7. The largest absolute Gasteiger partial charge is 0.343 e.